The highest BCUT2D eigenvalue weighted by atomic mass is 35.5. The van der Waals surface area contributed by atoms with Crippen molar-refractivity contribution in [3.05, 3.63) is 57.6 Å². The SMILES string of the molecule is COc1ccc2c(c1)C(NC(=O)CCc1c(Cl)cccc1Cl)CC(C)(C)O2. The zero-order valence-electron chi connectivity index (χ0n) is 15.6. The summed E-state index contributed by atoms with van der Waals surface area (Å²) in [7, 11) is 1.62. The number of methoxy groups -OCH3 is 1. The summed E-state index contributed by atoms with van der Waals surface area (Å²) in [6, 6.07) is 10.9. The standard InChI is InChI=1S/C21H23Cl2NO3/c1-21(2)12-18(15-11-13(26-3)7-9-19(15)27-21)24-20(25)10-8-14-16(22)5-4-6-17(14)23/h4-7,9,11,18H,8,10,12H2,1-3H3,(H,24,25). The van der Waals surface area contributed by atoms with E-state index >= 15 is 0 Å². The number of carbonyl (C=O) groups is 1. The Kier molecular flexibility index (Phi) is 5.87. The van der Waals surface area contributed by atoms with E-state index in [4.69, 9.17) is 32.7 Å². The van der Waals surface area contributed by atoms with Gasteiger partial charge in [0.05, 0.1) is 13.2 Å². The lowest BCUT2D eigenvalue weighted by atomic mass is 9.89. The molecule has 1 N–H and O–H groups in total. The lowest BCUT2D eigenvalue weighted by molar-refractivity contribution is -0.122. The van der Waals surface area contributed by atoms with Crippen LogP contribution >= 0.6 is 23.2 Å². The van der Waals surface area contributed by atoms with Gasteiger partial charge >= 0.3 is 0 Å². The van der Waals surface area contributed by atoms with Crippen LogP contribution in [0.3, 0.4) is 0 Å². The molecule has 0 spiro atoms. The Hall–Kier alpha value is -1.91. The molecule has 0 radical (unpaired) electrons. The summed E-state index contributed by atoms with van der Waals surface area (Å²) in [6.07, 6.45) is 1.47. The molecule has 1 aliphatic heterocycles. The summed E-state index contributed by atoms with van der Waals surface area (Å²) in [5.74, 6) is 1.45. The largest absolute Gasteiger partial charge is 0.497 e. The van der Waals surface area contributed by atoms with Crippen LogP contribution < -0.4 is 14.8 Å². The van der Waals surface area contributed by atoms with Gasteiger partial charge in [-0.1, -0.05) is 29.3 Å². The minimum atomic E-state index is -0.369. The summed E-state index contributed by atoms with van der Waals surface area (Å²) in [4.78, 5) is 12.6. The van der Waals surface area contributed by atoms with Crippen LogP contribution in [0.4, 0.5) is 0 Å². The molecule has 3 rings (SSSR count). The first-order valence-electron chi connectivity index (χ1n) is 8.88. The van der Waals surface area contributed by atoms with E-state index in [0.717, 1.165) is 22.6 Å². The Morgan fingerprint density at radius 1 is 1.26 bits per heavy atom. The van der Waals surface area contributed by atoms with Crippen molar-refractivity contribution >= 4 is 29.1 Å². The van der Waals surface area contributed by atoms with Gasteiger partial charge in [0.15, 0.2) is 0 Å². The van der Waals surface area contributed by atoms with Crippen LogP contribution in [0.15, 0.2) is 36.4 Å². The lowest BCUT2D eigenvalue weighted by Crippen LogP contribution is -2.41. The van der Waals surface area contributed by atoms with Gasteiger partial charge in [-0.25, -0.2) is 0 Å². The normalized spacial score (nSPS) is 17.6. The second-order valence-corrected chi connectivity index (χ2v) is 8.10. The molecule has 0 saturated heterocycles. The highest BCUT2D eigenvalue weighted by Gasteiger charge is 2.34. The first-order chi connectivity index (χ1) is 12.8. The molecular weight excluding hydrogens is 385 g/mol. The van der Waals surface area contributed by atoms with Crippen LogP contribution in [0.25, 0.3) is 0 Å². The van der Waals surface area contributed by atoms with Crippen molar-refractivity contribution in [3.63, 3.8) is 0 Å². The number of rotatable bonds is 5. The average Bonchev–Trinajstić information content (AvgIpc) is 2.60. The van der Waals surface area contributed by atoms with E-state index in [1.807, 2.05) is 32.0 Å². The van der Waals surface area contributed by atoms with E-state index < -0.39 is 0 Å². The van der Waals surface area contributed by atoms with Crippen molar-refractivity contribution in [2.24, 2.45) is 0 Å². The van der Waals surface area contributed by atoms with Gasteiger partial charge in [-0.05, 0) is 56.2 Å². The molecule has 0 aromatic heterocycles. The van der Waals surface area contributed by atoms with Gasteiger partial charge in [0.1, 0.15) is 17.1 Å². The van der Waals surface area contributed by atoms with Crippen molar-refractivity contribution in [2.45, 2.75) is 44.8 Å². The van der Waals surface area contributed by atoms with E-state index in [1.54, 1.807) is 25.3 Å². The summed E-state index contributed by atoms with van der Waals surface area (Å²) < 4.78 is 11.4. The van der Waals surface area contributed by atoms with Gasteiger partial charge in [0, 0.05) is 28.5 Å². The average molecular weight is 408 g/mol. The Morgan fingerprint density at radius 3 is 2.63 bits per heavy atom. The molecule has 2 aromatic carbocycles. The lowest BCUT2D eigenvalue weighted by Gasteiger charge is -2.38. The molecule has 0 bridgehead atoms. The Bertz CT molecular complexity index is 831. The molecule has 0 aliphatic carbocycles. The number of fused-ring (bicyclic) bond motifs is 1. The maximum Gasteiger partial charge on any atom is 0.220 e. The maximum absolute atomic E-state index is 12.6. The van der Waals surface area contributed by atoms with Crippen LogP contribution in [0.5, 0.6) is 11.5 Å². The molecule has 1 heterocycles. The fraction of sp³-hybridized carbons (Fsp3) is 0.381. The molecule has 1 amide bonds. The minimum absolute atomic E-state index is 0.0533. The third-order valence-corrected chi connectivity index (χ3v) is 5.38. The molecule has 0 saturated carbocycles. The van der Waals surface area contributed by atoms with Crippen molar-refractivity contribution in [1.82, 2.24) is 5.32 Å². The first kappa shape index (κ1) is 19.8. The molecule has 6 heteroatoms. The van der Waals surface area contributed by atoms with E-state index in [-0.39, 0.29) is 17.6 Å². The number of nitrogens with one attached hydrogen (secondary N) is 1. The maximum atomic E-state index is 12.6. The monoisotopic (exact) mass is 407 g/mol. The van der Waals surface area contributed by atoms with Gasteiger partial charge in [-0.15, -0.1) is 0 Å². The Balaban J connectivity index is 1.73. The van der Waals surface area contributed by atoms with E-state index in [2.05, 4.69) is 5.32 Å². The number of hydrogen-bond donors (Lipinski definition) is 1. The fourth-order valence-corrected chi connectivity index (χ4v) is 3.95. The topological polar surface area (TPSA) is 47.6 Å². The number of benzene rings is 2. The number of ether oxygens (including phenoxy) is 2. The predicted molar refractivity (Wildman–Crippen MR) is 108 cm³/mol. The van der Waals surface area contributed by atoms with Crippen LogP contribution in [-0.4, -0.2) is 18.6 Å². The number of amides is 1. The van der Waals surface area contributed by atoms with Gasteiger partial charge in [0.25, 0.3) is 0 Å². The van der Waals surface area contributed by atoms with E-state index in [0.29, 0.717) is 29.3 Å². The van der Waals surface area contributed by atoms with Crippen molar-refractivity contribution in [3.8, 4) is 11.5 Å². The highest BCUT2D eigenvalue weighted by molar-refractivity contribution is 6.36. The molecule has 1 aliphatic rings. The number of hydrogen-bond acceptors (Lipinski definition) is 3. The van der Waals surface area contributed by atoms with Gasteiger partial charge in [-0.3, -0.25) is 4.79 Å². The zero-order valence-corrected chi connectivity index (χ0v) is 17.2. The van der Waals surface area contributed by atoms with Crippen LogP contribution in [0.2, 0.25) is 10.0 Å². The van der Waals surface area contributed by atoms with E-state index in [1.165, 1.54) is 0 Å². The van der Waals surface area contributed by atoms with E-state index in [9.17, 15) is 4.79 Å². The first-order valence-corrected chi connectivity index (χ1v) is 9.64. The molecule has 144 valence electrons. The molecule has 27 heavy (non-hydrogen) atoms. The second kappa shape index (κ2) is 7.99. The summed E-state index contributed by atoms with van der Waals surface area (Å²) in [6.45, 7) is 4.03. The zero-order chi connectivity index (χ0) is 19.6. The molecular formula is C21H23Cl2NO3. The molecule has 4 nitrogen and oxygen atoms in total. The van der Waals surface area contributed by atoms with Crippen LogP contribution in [-0.2, 0) is 11.2 Å². The molecule has 2 aromatic rings. The third kappa shape index (κ3) is 4.69. The van der Waals surface area contributed by atoms with Crippen molar-refractivity contribution < 1.29 is 14.3 Å². The van der Waals surface area contributed by atoms with Crippen molar-refractivity contribution in [1.29, 1.82) is 0 Å². The van der Waals surface area contributed by atoms with Crippen LogP contribution in [0, 0.1) is 0 Å². The van der Waals surface area contributed by atoms with Crippen LogP contribution in [0.1, 0.15) is 43.9 Å². The fourth-order valence-electron chi connectivity index (χ4n) is 3.36. The van der Waals surface area contributed by atoms with Crippen molar-refractivity contribution in [2.75, 3.05) is 7.11 Å². The summed E-state index contributed by atoms with van der Waals surface area (Å²) >= 11 is 12.4. The minimum Gasteiger partial charge on any atom is -0.497 e. The Morgan fingerprint density at radius 2 is 1.96 bits per heavy atom. The molecule has 1 unspecified atom stereocenters. The summed E-state index contributed by atoms with van der Waals surface area (Å²) in [5.41, 5.74) is 1.36. The number of carbonyl (C=O) groups excluding carboxylic acids is 1. The van der Waals surface area contributed by atoms with Gasteiger partial charge in [0.2, 0.25) is 5.91 Å². The van der Waals surface area contributed by atoms with Gasteiger partial charge in [-0.2, -0.15) is 0 Å². The number of halogens is 2. The highest BCUT2D eigenvalue weighted by Crippen LogP contribution is 2.41. The second-order valence-electron chi connectivity index (χ2n) is 7.29. The predicted octanol–water partition coefficient (Wildman–Crippen LogP) is 5.35. The molecule has 1 atom stereocenters. The third-order valence-electron chi connectivity index (χ3n) is 4.67. The molecule has 0 fully saturated rings. The van der Waals surface area contributed by atoms with Gasteiger partial charge < -0.3 is 14.8 Å². The smallest absolute Gasteiger partial charge is 0.220 e. The quantitative estimate of drug-likeness (QED) is 0.725. The summed E-state index contributed by atoms with van der Waals surface area (Å²) in [5, 5.41) is 4.29. The Labute approximate surface area is 169 Å².